The van der Waals surface area contributed by atoms with Gasteiger partial charge in [-0.3, -0.25) is 19.9 Å². The van der Waals surface area contributed by atoms with E-state index in [0.717, 1.165) is 12.1 Å². The van der Waals surface area contributed by atoms with Gasteiger partial charge < -0.3 is 14.8 Å². The Morgan fingerprint density at radius 1 is 1.19 bits per heavy atom. The molecule has 0 saturated heterocycles. The summed E-state index contributed by atoms with van der Waals surface area (Å²) in [6.45, 7) is 0. The molecule has 8 nitrogen and oxygen atoms in total. The first-order chi connectivity index (χ1) is 12.5. The number of non-ortho nitro benzene ring substituents is 1. The molecule has 0 bridgehead atoms. The molecular formula is C17H12FN3O5. The SMILES string of the molecule is COc1cc2nccc(Oc3ccc([N+](=O)[O-])cc3F)c2cc1NC=O. The molecule has 0 fully saturated rings. The van der Waals surface area contributed by atoms with Crippen LogP contribution >= 0.6 is 0 Å². The van der Waals surface area contributed by atoms with Crippen LogP contribution in [0.4, 0.5) is 15.8 Å². The Kier molecular flexibility index (Phi) is 4.61. The number of aromatic nitrogens is 1. The Hall–Kier alpha value is -3.75. The quantitative estimate of drug-likeness (QED) is 0.410. The van der Waals surface area contributed by atoms with E-state index in [1.807, 2.05) is 0 Å². The van der Waals surface area contributed by atoms with Gasteiger partial charge in [-0.1, -0.05) is 0 Å². The number of carbonyl (C=O) groups excluding carboxylic acids is 1. The van der Waals surface area contributed by atoms with E-state index in [1.165, 1.54) is 25.4 Å². The van der Waals surface area contributed by atoms with Crippen LogP contribution in [-0.4, -0.2) is 23.4 Å². The van der Waals surface area contributed by atoms with Crippen molar-refractivity contribution in [2.24, 2.45) is 0 Å². The number of methoxy groups -OCH3 is 1. The van der Waals surface area contributed by atoms with Crippen LogP contribution in [0.25, 0.3) is 10.9 Å². The van der Waals surface area contributed by atoms with E-state index in [0.29, 0.717) is 28.7 Å². The lowest BCUT2D eigenvalue weighted by Gasteiger charge is -2.12. The van der Waals surface area contributed by atoms with E-state index in [-0.39, 0.29) is 17.2 Å². The van der Waals surface area contributed by atoms with Gasteiger partial charge in [0.05, 0.1) is 29.3 Å². The van der Waals surface area contributed by atoms with Crippen molar-refractivity contribution in [2.45, 2.75) is 0 Å². The monoisotopic (exact) mass is 357 g/mol. The zero-order valence-electron chi connectivity index (χ0n) is 13.4. The number of hydrogen-bond acceptors (Lipinski definition) is 6. The number of nitro benzene ring substituents is 1. The molecule has 0 saturated carbocycles. The molecule has 9 heteroatoms. The normalized spacial score (nSPS) is 10.4. The largest absolute Gasteiger partial charge is 0.494 e. The standard InChI is InChI=1S/C17H12FN3O5/c1-25-17-8-13-11(7-14(17)20-9-22)15(4-5-19-13)26-16-3-2-10(21(23)24)6-12(16)18/h2-9H,1H3,(H,20,22). The average molecular weight is 357 g/mol. The summed E-state index contributed by atoms with van der Waals surface area (Å²) in [5.41, 5.74) is 0.506. The lowest BCUT2D eigenvalue weighted by atomic mass is 10.1. The highest BCUT2D eigenvalue weighted by Gasteiger charge is 2.15. The minimum Gasteiger partial charge on any atom is -0.494 e. The molecule has 0 aliphatic rings. The molecule has 26 heavy (non-hydrogen) atoms. The first-order valence-electron chi connectivity index (χ1n) is 7.32. The van der Waals surface area contributed by atoms with Crippen LogP contribution in [0.15, 0.2) is 42.6 Å². The van der Waals surface area contributed by atoms with Crippen molar-refractivity contribution >= 4 is 28.7 Å². The molecule has 132 valence electrons. The third-order valence-corrected chi connectivity index (χ3v) is 3.58. The second kappa shape index (κ2) is 7.01. The van der Waals surface area contributed by atoms with Crippen LogP contribution in [0.1, 0.15) is 0 Å². The minimum absolute atomic E-state index is 0.177. The van der Waals surface area contributed by atoms with Crippen molar-refractivity contribution in [3.05, 3.63) is 58.5 Å². The van der Waals surface area contributed by atoms with Crippen LogP contribution in [-0.2, 0) is 4.79 Å². The number of nitrogens with one attached hydrogen (secondary N) is 1. The number of pyridine rings is 1. The van der Waals surface area contributed by atoms with Gasteiger partial charge in [-0.2, -0.15) is 0 Å². The summed E-state index contributed by atoms with van der Waals surface area (Å²) in [4.78, 5) is 25.0. The second-order valence-corrected chi connectivity index (χ2v) is 5.11. The third kappa shape index (κ3) is 3.22. The van der Waals surface area contributed by atoms with E-state index in [2.05, 4.69) is 10.3 Å². The van der Waals surface area contributed by atoms with Crippen molar-refractivity contribution in [3.8, 4) is 17.2 Å². The lowest BCUT2D eigenvalue weighted by Crippen LogP contribution is -1.99. The van der Waals surface area contributed by atoms with Crippen LogP contribution < -0.4 is 14.8 Å². The number of halogens is 1. The van der Waals surface area contributed by atoms with E-state index in [1.54, 1.807) is 12.1 Å². The van der Waals surface area contributed by atoms with Gasteiger partial charge in [-0.15, -0.1) is 0 Å². The smallest absolute Gasteiger partial charge is 0.272 e. The van der Waals surface area contributed by atoms with Crippen molar-refractivity contribution < 1.29 is 23.6 Å². The Labute approximate surface area is 146 Å². The molecule has 0 radical (unpaired) electrons. The first kappa shape index (κ1) is 17.1. The number of anilines is 1. The van der Waals surface area contributed by atoms with Crippen LogP contribution in [0, 0.1) is 15.9 Å². The molecule has 3 aromatic rings. The number of hydrogen-bond donors (Lipinski definition) is 1. The average Bonchev–Trinajstić information content (AvgIpc) is 2.63. The maximum atomic E-state index is 14.1. The fourth-order valence-corrected chi connectivity index (χ4v) is 2.39. The van der Waals surface area contributed by atoms with Gasteiger partial charge in [0.25, 0.3) is 5.69 Å². The van der Waals surface area contributed by atoms with Gasteiger partial charge in [0.1, 0.15) is 11.5 Å². The van der Waals surface area contributed by atoms with Crippen molar-refractivity contribution in [1.29, 1.82) is 0 Å². The van der Waals surface area contributed by atoms with Gasteiger partial charge in [-0.05, 0) is 18.2 Å². The highest BCUT2D eigenvalue weighted by Crippen LogP contribution is 2.36. The molecule has 0 unspecified atom stereocenters. The number of ether oxygens (including phenoxy) is 2. The van der Waals surface area contributed by atoms with Gasteiger partial charge in [0, 0.05) is 23.7 Å². The molecule has 1 amide bonds. The lowest BCUT2D eigenvalue weighted by molar-refractivity contribution is -0.385. The van der Waals surface area contributed by atoms with Crippen molar-refractivity contribution in [1.82, 2.24) is 4.98 Å². The maximum absolute atomic E-state index is 14.1. The number of nitrogens with zero attached hydrogens (tertiary/aromatic N) is 2. The Morgan fingerprint density at radius 2 is 2.00 bits per heavy atom. The number of amides is 1. The summed E-state index contributed by atoms with van der Waals surface area (Å²) in [7, 11) is 1.45. The highest BCUT2D eigenvalue weighted by atomic mass is 19.1. The third-order valence-electron chi connectivity index (χ3n) is 3.58. The molecule has 2 aromatic carbocycles. The Morgan fingerprint density at radius 3 is 2.65 bits per heavy atom. The van der Waals surface area contributed by atoms with Gasteiger partial charge in [-0.25, -0.2) is 4.39 Å². The van der Waals surface area contributed by atoms with E-state index in [9.17, 15) is 19.3 Å². The molecule has 1 heterocycles. The Bertz CT molecular complexity index is 1010. The summed E-state index contributed by atoms with van der Waals surface area (Å²) in [6.07, 6.45) is 1.96. The van der Waals surface area contributed by atoms with Gasteiger partial charge >= 0.3 is 0 Å². The highest BCUT2D eigenvalue weighted by molar-refractivity contribution is 5.92. The summed E-state index contributed by atoms with van der Waals surface area (Å²) in [6, 6.07) is 7.79. The number of nitro groups is 1. The Balaban J connectivity index is 2.06. The fraction of sp³-hybridized carbons (Fsp3) is 0.0588. The van der Waals surface area contributed by atoms with Gasteiger partial charge in [0.15, 0.2) is 11.6 Å². The molecule has 0 atom stereocenters. The second-order valence-electron chi connectivity index (χ2n) is 5.11. The van der Waals surface area contributed by atoms with Crippen LogP contribution in [0.3, 0.4) is 0 Å². The number of fused-ring (bicyclic) bond motifs is 1. The zero-order valence-corrected chi connectivity index (χ0v) is 13.4. The molecule has 0 aliphatic carbocycles. The predicted molar refractivity (Wildman–Crippen MR) is 91.1 cm³/mol. The molecule has 1 aromatic heterocycles. The molecule has 0 aliphatic heterocycles. The summed E-state index contributed by atoms with van der Waals surface area (Å²) >= 11 is 0. The molecule has 1 N–H and O–H groups in total. The first-order valence-corrected chi connectivity index (χ1v) is 7.32. The van der Waals surface area contributed by atoms with E-state index < -0.39 is 10.7 Å². The maximum Gasteiger partial charge on any atom is 0.272 e. The van der Waals surface area contributed by atoms with Crippen molar-refractivity contribution in [3.63, 3.8) is 0 Å². The summed E-state index contributed by atoms with van der Waals surface area (Å²) in [5, 5.41) is 13.7. The van der Waals surface area contributed by atoms with Gasteiger partial charge in [0.2, 0.25) is 6.41 Å². The fourth-order valence-electron chi connectivity index (χ4n) is 2.39. The number of rotatable bonds is 6. The topological polar surface area (TPSA) is 104 Å². The molecule has 0 spiro atoms. The summed E-state index contributed by atoms with van der Waals surface area (Å²) in [5.74, 6) is -0.386. The van der Waals surface area contributed by atoms with Crippen molar-refractivity contribution in [2.75, 3.05) is 12.4 Å². The van der Waals surface area contributed by atoms with E-state index in [4.69, 9.17) is 9.47 Å². The van der Waals surface area contributed by atoms with Crippen LogP contribution in [0.2, 0.25) is 0 Å². The van der Waals surface area contributed by atoms with Crippen LogP contribution in [0.5, 0.6) is 17.2 Å². The number of carbonyl (C=O) groups is 1. The van der Waals surface area contributed by atoms with E-state index >= 15 is 0 Å². The summed E-state index contributed by atoms with van der Waals surface area (Å²) < 4.78 is 24.9. The molecular weight excluding hydrogens is 345 g/mol. The number of benzene rings is 2. The predicted octanol–water partition coefficient (Wildman–Crippen LogP) is 3.65. The zero-order chi connectivity index (χ0) is 18.7. The molecule has 3 rings (SSSR count). The minimum atomic E-state index is -0.871.